The number of amides is 1. The number of anilines is 1. The predicted octanol–water partition coefficient (Wildman–Crippen LogP) is 4.08. The van der Waals surface area contributed by atoms with Gasteiger partial charge in [0.05, 0.1) is 27.9 Å². The van der Waals surface area contributed by atoms with Gasteiger partial charge >= 0.3 is 0 Å². The molecular formula is C22H21ClN4O3S. The number of benzene rings is 2. The zero-order valence-corrected chi connectivity index (χ0v) is 18.5. The van der Waals surface area contributed by atoms with Crippen LogP contribution in [0.3, 0.4) is 0 Å². The molecule has 9 heteroatoms. The zero-order valence-electron chi connectivity index (χ0n) is 16.9. The molecule has 0 fully saturated rings. The number of hydrogen-bond donors (Lipinski definition) is 1. The summed E-state index contributed by atoms with van der Waals surface area (Å²) >= 11 is 7.14. The molecule has 31 heavy (non-hydrogen) atoms. The van der Waals surface area contributed by atoms with Crippen molar-refractivity contribution in [1.82, 2.24) is 9.55 Å². The summed E-state index contributed by atoms with van der Waals surface area (Å²) in [5.41, 5.74) is 1.10. The summed E-state index contributed by atoms with van der Waals surface area (Å²) in [6.45, 7) is 3.50. The number of nitriles is 1. The summed E-state index contributed by atoms with van der Waals surface area (Å²) in [5.74, 6) is -0.305. The van der Waals surface area contributed by atoms with E-state index in [-0.39, 0.29) is 17.2 Å². The molecule has 2 aromatic carbocycles. The molecule has 0 aliphatic heterocycles. The van der Waals surface area contributed by atoms with Crippen molar-refractivity contribution in [2.24, 2.45) is 0 Å². The first-order valence-corrected chi connectivity index (χ1v) is 11.1. The number of nitrogens with zero attached hydrogens (tertiary/aromatic N) is 3. The Morgan fingerprint density at radius 2 is 2.13 bits per heavy atom. The van der Waals surface area contributed by atoms with Crippen molar-refractivity contribution in [3.05, 3.63) is 63.4 Å². The number of aromatic nitrogens is 2. The third-order valence-corrected chi connectivity index (χ3v) is 5.62. The summed E-state index contributed by atoms with van der Waals surface area (Å²) in [4.78, 5) is 30.1. The largest absolute Gasteiger partial charge is 0.382 e. The van der Waals surface area contributed by atoms with Gasteiger partial charge in [0.25, 0.3) is 5.56 Å². The Morgan fingerprint density at radius 1 is 1.32 bits per heavy atom. The van der Waals surface area contributed by atoms with Crippen LogP contribution in [0.15, 0.2) is 52.4 Å². The van der Waals surface area contributed by atoms with E-state index in [1.165, 1.54) is 17.8 Å². The van der Waals surface area contributed by atoms with E-state index in [0.717, 1.165) is 0 Å². The maximum absolute atomic E-state index is 13.0. The molecule has 1 N–H and O–H groups in total. The van der Waals surface area contributed by atoms with Gasteiger partial charge < -0.3 is 10.1 Å². The molecule has 0 saturated heterocycles. The van der Waals surface area contributed by atoms with Crippen LogP contribution in [-0.2, 0) is 16.1 Å². The van der Waals surface area contributed by atoms with E-state index >= 15 is 0 Å². The van der Waals surface area contributed by atoms with Gasteiger partial charge in [-0.1, -0.05) is 35.5 Å². The number of para-hydroxylation sites is 1. The average Bonchev–Trinajstić information content (AvgIpc) is 2.77. The zero-order chi connectivity index (χ0) is 22.2. The van der Waals surface area contributed by atoms with Gasteiger partial charge in [-0.3, -0.25) is 14.2 Å². The van der Waals surface area contributed by atoms with Gasteiger partial charge in [-0.05, 0) is 43.7 Å². The lowest BCUT2D eigenvalue weighted by Crippen LogP contribution is -2.25. The highest BCUT2D eigenvalue weighted by Gasteiger charge is 2.14. The molecule has 1 aromatic heterocycles. The van der Waals surface area contributed by atoms with E-state index in [0.29, 0.717) is 58.5 Å². The monoisotopic (exact) mass is 456 g/mol. The highest BCUT2D eigenvalue weighted by Crippen LogP contribution is 2.22. The van der Waals surface area contributed by atoms with Gasteiger partial charge in [-0.25, -0.2) is 4.98 Å². The molecule has 3 aromatic rings. The molecule has 0 unspecified atom stereocenters. The Bertz CT molecular complexity index is 1190. The number of thioether (sulfide) groups is 1. The number of carbonyl (C=O) groups is 1. The Morgan fingerprint density at radius 3 is 2.90 bits per heavy atom. The van der Waals surface area contributed by atoms with Crippen LogP contribution in [0.5, 0.6) is 0 Å². The highest BCUT2D eigenvalue weighted by molar-refractivity contribution is 7.99. The number of carbonyl (C=O) groups excluding carboxylic acids is 1. The summed E-state index contributed by atoms with van der Waals surface area (Å²) in [7, 11) is 0. The minimum Gasteiger partial charge on any atom is -0.382 e. The van der Waals surface area contributed by atoms with Crippen LogP contribution in [0.2, 0.25) is 5.02 Å². The quantitative estimate of drug-likeness (QED) is 0.296. The Balaban J connectivity index is 1.80. The molecule has 0 radical (unpaired) electrons. The molecular weight excluding hydrogens is 436 g/mol. The van der Waals surface area contributed by atoms with Crippen LogP contribution >= 0.6 is 23.4 Å². The topological polar surface area (TPSA) is 97.0 Å². The van der Waals surface area contributed by atoms with E-state index in [1.54, 1.807) is 34.9 Å². The van der Waals surface area contributed by atoms with Gasteiger partial charge in [0.2, 0.25) is 5.91 Å². The van der Waals surface area contributed by atoms with E-state index < -0.39 is 0 Å². The van der Waals surface area contributed by atoms with Crippen molar-refractivity contribution in [2.75, 3.05) is 24.3 Å². The smallest absolute Gasteiger partial charge is 0.262 e. The highest BCUT2D eigenvalue weighted by atomic mass is 35.5. The lowest BCUT2D eigenvalue weighted by atomic mass is 10.2. The Labute approximate surface area is 189 Å². The molecule has 1 amide bonds. The number of nitrogens with one attached hydrogen (secondary N) is 1. The second kappa shape index (κ2) is 11.0. The molecule has 0 spiro atoms. The second-order valence-electron chi connectivity index (χ2n) is 6.56. The van der Waals surface area contributed by atoms with Gasteiger partial charge in [-0.2, -0.15) is 5.26 Å². The third-order valence-electron chi connectivity index (χ3n) is 4.41. The number of fused-ring (bicyclic) bond motifs is 1. The van der Waals surface area contributed by atoms with Crippen LogP contribution < -0.4 is 10.9 Å². The normalized spacial score (nSPS) is 10.7. The number of rotatable bonds is 9. The minimum atomic E-state index is -0.327. The number of halogens is 1. The van der Waals surface area contributed by atoms with Gasteiger partial charge in [0, 0.05) is 24.8 Å². The number of ether oxygens (including phenoxy) is 1. The SMILES string of the molecule is CCOCCCn1c(SCC(=O)Nc2cc(Cl)ccc2C#N)nc2ccccc2c1=O. The number of hydrogen-bond acceptors (Lipinski definition) is 6. The first-order valence-electron chi connectivity index (χ1n) is 9.73. The molecule has 3 rings (SSSR count). The van der Waals surface area contributed by atoms with Crippen molar-refractivity contribution in [2.45, 2.75) is 25.0 Å². The van der Waals surface area contributed by atoms with Crippen molar-refractivity contribution in [1.29, 1.82) is 5.26 Å². The Kier molecular flexibility index (Phi) is 8.06. The molecule has 0 saturated carbocycles. The van der Waals surface area contributed by atoms with Crippen molar-refractivity contribution < 1.29 is 9.53 Å². The summed E-state index contributed by atoms with van der Waals surface area (Å²) in [6.07, 6.45) is 0.654. The van der Waals surface area contributed by atoms with Crippen LogP contribution in [0.25, 0.3) is 10.9 Å². The molecule has 0 bridgehead atoms. The summed E-state index contributed by atoms with van der Waals surface area (Å²) in [6, 6.07) is 13.8. The first kappa shape index (κ1) is 22.8. The van der Waals surface area contributed by atoms with Crippen LogP contribution in [-0.4, -0.2) is 34.4 Å². The van der Waals surface area contributed by atoms with Crippen LogP contribution in [0, 0.1) is 11.3 Å². The van der Waals surface area contributed by atoms with E-state index in [2.05, 4.69) is 10.3 Å². The first-order chi connectivity index (χ1) is 15.0. The molecule has 0 atom stereocenters. The van der Waals surface area contributed by atoms with Gasteiger partial charge in [-0.15, -0.1) is 0 Å². The van der Waals surface area contributed by atoms with Crippen molar-refractivity contribution >= 4 is 45.9 Å². The lowest BCUT2D eigenvalue weighted by molar-refractivity contribution is -0.113. The molecule has 1 heterocycles. The summed E-state index contributed by atoms with van der Waals surface area (Å²) < 4.78 is 6.96. The van der Waals surface area contributed by atoms with Gasteiger partial charge in [0.15, 0.2) is 5.16 Å². The second-order valence-corrected chi connectivity index (χ2v) is 7.94. The lowest BCUT2D eigenvalue weighted by Gasteiger charge is -2.13. The maximum Gasteiger partial charge on any atom is 0.262 e. The fraction of sp³-hybridized carbons (Fsp3) is 0.273. The molecule has 0 aliphatic rings. The maximum atomic E-state index is 13.0. The van der Waals surface area contributed by atoms with Crippen molar-refractivity contribution in [3.63, 3.8) is 0 Å². The molecule has 0 aliphatic carbocycles. The third kappa shape index (κ3) is 5.85. The summed E-state index contributed by atoms with van der Waals surface area (Å²) in [5, 5.41) is 13.3. The van der Waals surface area contributed by atoms with Crippen LogP contribution in [0.1, 0.15) is 18.9 Å². The molecule has 160 valence electrons. The van der Waals surface area contributed by atoms with Gasteiger partial charge in [0.1, 0.15) is 6.07 Å². The van der Waals surface area contributed by atoms with Crippen LogP contribution in [0.4, 0.5) is 5.69 Å². The predicted molar refractivity (Wildman–Crippen MR) is 123 cm³/mol. The van der Waals surface area contributed by atoms with E-state index in [9.17, 15) is 14.9 Å². The van der Waals surface area contributed by atoms with E-state index in [4.69, 9.17) is 16.3 Å². The van der Waals surface area contributed by atoms with E-state index in [1.807, 2.05) is 19.1 Å². The minimum absolute atomic E-state index is 0.0215. The molecule has 7 nitrogen and oxygen atoms in total. The Hall–Kier alpha value is -2.86. The average molecular weight is 457 g/mol. The fourth-order valence-electron chi connectivity index (χ4n) is 2.96. The standard InChI is InChI=1S/C22H21ClN4O3S/c1-2-30-11-5-10-27-21(29)17-6-3-4-7-18(17)26-22(27)31-14-20(28)25-19-12-16(23)9-8-15(19)13-24/h3-4,6-9,12H,2,5,10-11,14H2,1H3,(H,25,28). The fourth-order valence-corrected chi connectivity index (χ4v) is 3.96. The van der Waals surface area contributed by atoms with Crippen molar-refractivity contribution in [3.8, 4) is 6.07 Å².